The number of nitrogens with two attached hydrogens (primary N) is 4. The first-order chi connectivity index (χ1) is 15.8. The molecule has 0 heterocycles. The molecule has 0 aliphatic heterocycles. The molecule has 0 aromatic carbocycles. The quantitative estimate of drug-likeness (QED) is 0.0573. The molecule has 0 aliphatic rings. The van der Waals surface area contributed by atoms with E-state index in [1.807, 2.05) is 0 Å². The maximum absolute atomic E-state index is 12.8. The second-order valence-electron chi connectivity index (χ2n) is 7.74. The van der Waals surface area contributed by atoms with Gasteiger partial charge in [-0.25, -0.2) is 4.79 Å². The highest BCUT2D eigenvalue weighted by atomic mass is 16.4. The summed E-state index contributed by atoms with van der Waals surface area (Å²) in [5.74, 6) is -5.23. The van der Waals surface area contributed by atoms with Crippen molar-refractivity contribution >= 4 is 35.6 Å². The van der Waals surface area contributed by atoms with Crippen molar-refractivity contribution < 1.29 is 34.2 Å². The smallest absolute Gasteiger partial charge is 0.326 e. The Morgan fingerprint density at radius 3 is 2.00 bits per heavy atom. The van der Waals surface area contributed by atoms with Gasteiger partial charge in [0, 0.05) is 6.54 Å². The van der Waals surface area contributed by atoms with E-state index in [2.05, 4.69) is 20.9 Å². The molecule has 0 bridgehead atoms. The van der Waals surface area contributed by atoms with Gasteiger partial charge in [-0.05, 0) is 18.8 Å². The standard InChI is InChI=1S/C19H36N8O7/c1-3-9(2)14(17(32)25-11(18(33)34)5-4-6-24-19(22)23)27-16(31)12(8-28)26-15(30)10(20)7-13(21)29/h9-12,14,28H,3-8,20H2,1-2H3,(H2,21,29)(H,25,32)(H,26,30)(H,27,31)(H,33,34)(H4,22,23,24). The average Bonchev–Trinajstić information content (AvgIpc) is 2.75. The fourth-order valence-electron chi connectivity index (χ4n) is 2.76. The predicted molar refractivity (Wildman–Crippen MR) is 122 cm³/mol. The molecule has 5 atom stereocenters. The number of hydrogen-bond donors (Lipinski definition) is 9. The van der Waals surface area contributed by atoms with E-state index in [4.69, 9.17) is 22.9 Å². The largest absolute Gasteiger partial charge is 0.480 e. The Hall–Kier alpha value is -3.46. The van der Waals surface area contributed by atoms with E-state index < -0.39 is 72.7 Å². The van der Waals surface area contributed by atoms with Gasteiger partial charge in [-0.2, -0.15) is 0 Å². The number of aliphatic hydroxyl groups excluding tert-OH is 1. The highest BCUT2D eigenvalue weighted by Crippen LogP contribution is 2.10. The summed E-state index contributed by atoms with van der Waals surface area (Å²) < 4.78 is 0. The Bertz CT molecular complexity index is 757. The molecule has 0 saturated heterocycles. The van der Waals surface area contributed by atoms with Crippen LogP contribution in [0, 0.1) is 5.92 Å². The molecule has 0 saturated carbocycles. The van der Waals surface area contributed by atoms with Gasteiger partial charge in [-0.3, -0.25) is 24.2 Å². The molecular formula is C19H36N8O7. The van der Waals surface area contributed by atoms with E-state index >= 15 is 0 Å². The fraction of sp³-hybridized carbons (Fsp3) is 0.684. The van der Waals surface area contributed by atoms with Gasteiger partial charge in [0.1, 0.15) is 18.1 Å². The summed E-state index contributed by atoms with van der Waals surface area (Å²) in [7, 11) is 0. The lowest BCUT2D eigenvalue weighted by atomic mass is 9.97. The second-order valence-corrected chi connectivity index (χ2v) is 7.74. The number of carboxylic acid groups (broad SMARTS) is 1. The summed E-state index contributed by atoms with van der Waals surface area (Å²) in [4.78, 5) is 63.7. The number of amides is 4. The molecule has 0 fully saturated rings. The molecule has 0 aromatic rings. The minimum absolute atomic E-state index is 0.0338. The van der Waals surface area contributed by atoms with Crippen LogP contribution in [-0.4, -0.2) is 83.1 Å². The molecule has 194 valence electrons. The van der Waals surface area contributed by atoms with Crippen LogP contribution in [0.4, 0.5) is 0 Å². The zero-order valence-corrected chi connectivity index (χ0v) is 19.3. The maximum Gasteiger partial charge on any atom is 0.326 e. The molecule has 15 heteroatoms. The molecular weight excluding hydrogens is 452 g/mol. The number of hydrogen-bond acceptors (Lipinski definition) is 8. The third-order valence-electron chi connectivity index (χ3n) is 4.93. The molecule has 4 amide bonds. The van der Waals surface area contributed by atoms with Crippen molar-refractivity contribution in [3.05, 3.63) is 0 Å². The molecule has 0 aliphatic carbocycles. The second kappa shape index (κ2) is 15.4. The highest BCUT2D eigenvalue weighted by Gasteiger charge is 2.32. The molecule has 5 unspecified atom stereocenters. The van der Waals surface area contributed by atoms with Crippen molar-refractivity contribution in [2.75, 3.05) is 13.2 Å². The Kier molecular flexibility index (Phi) is 13.8. The van der Waals surface area contributed by atoms with Crippen LogP contribution in [-0.2, 0) is 24.0 Å². The maximum atomic E-state index is 12.8. The normalized spacial score (nSPS) is 15.1. The van der Waals surface area contributed by atoms with Gasteiger partial charge in [0.25, 0.3) is 0 Å². The van der Waals surface area contributed by atoms with E-state index in [0.717, 1.165) is 0 Å². The summed E-state index contributed by atoms with van der Waals surface area (Å²) in [6.45, 7) is 2.77. The van der Waals surface area contributed by atoms with Gasteiger partial charge in [0.15, 0.2) is 5.96 Å². The minimum Gasteiger partial charge on any atom is -0.480 e. The summed E-state index contributed by atoms with van der Waals surface area (Å²) >= 11 is 0. The Morgan fingerprint density at radius 1 is 0.941 bits per heavy atom. The third kappa shape index (κ3) is 11.4. The van der Waals surface area contributed by atoms with Crippen molar-refractivity contribution in [2.45, 2.75) is 63.7 Å². The van der Waals surface area contributed by atoms with E-state index in [9.17, 15) is 34.2 Å². The van der Waals surface area contributed by atoms with Crippen LogP contribution in [0.15, 0.2) is 4.99 Å². The zero-order valence-electron chi connectivity index (χ0n) is 19.3. The van der Waals surface area contributed by atoms with Gasteiger partial charge < -0.3 is 49.1 Å². The van der Waals surface area contributed by atoms with Gasteiger partial charge in [-0.1, -0.05) is 20.3 Å². The third-order valence-corrected chi connectivity index (χ3v) is 4.93. The van der Waals surface area contributed by atoms with Crippen molar-refractivity contribution in [2.24, 2.45) is 33.8 Å². The molecule has 15 nitrogen and oxygen atoms in total. The summed E-state index contributed by atoms with van der Waals surface area (Å²) in [5, 5.41) is 25.9. The van der Waals surface area contributed by atoms with Crippen LogP contribution >= 0.6 is 0 Å². The number of guanidine groups is 1. The number of primary amides is 1. The van der Waals surface area contributed by atoms with Crippen LogP contribution in [0.25, 0.3) is 0 Å². The van der Waals surface area contributed by atoms with Gasteiger partial charge in [0.05, 0.1) is 19.1 Å². The average molecular weight is 489 g/mol. The van der Waals surface area contributed by atoms with E-state index in [-0.39, 0.29) is 25.3 Å². The Balaban J connectivity index is 5.30. The number of carbonyl (C=O) groups is 5. The summed E-state index contributed by atoms with van der Waals surface area (Å²) in [6, 6.07) is -5.23. The fourth-order valence-corrected chi connectivity index (χ4v) is 2.76. The van der Waals surface area contributed by atoms with Crippen LogP contribution in [0.1, 0.15) is 39.5 Å². The Morgan fingerprint density at radius 2 is 1.53 bits per heavy atom. The molecule has 13 N–H and O–H groups in total. The van der Waals surface area contributed by atoms with Crippen molar-refractivity contribution in [1.82, 2.24) is 16.0 Å². The number of carbonyl (C=O) groups excluding carboxylic acids is 4. The number of aliphatic imine (C=N–C) groups is 1. The lowest BCUT2D eigenvalue weighted by Crippen LogP contribution is -2.59. The monoisotopic (exact) mass is 488 g/mol. The predicted octanol–water partition coefficient (Wildman–Crippen LogP) is -4.18. The van der Waals surface area contributed by atoms with Crippen molar-refractivity contribution in [3.63, 3.8) is 0 Å². The molecule has 0 spiro atoms. The molecule has 0 radical (unpaired) electrons. The first-order valence-corrected chi connectivity index (χ1v) is 10.7. The first-order valence-electron chi connectivity index (χ1n) is 10.7. The van der Waals surface area contributed by atoms with Crippen LogP contribution in [0.5, 0.6) is 0 Å². The number of nitrogens with one attached hydrogen (secondary N) is 3. The summed E-state index contributed by atoms with van der Waals surface area (Å²) in [6.07, 6.45) is 0.287. The van der Waals surface area contributed by atoms with Crippen molar-refractivity contribution in [3.8, 4) is 0 Å². The van der Waals surface area contributed by atoms with Gasteiger partial charge in [0.2, 0.25) is 23.6 Å². The number of aliphatic hydroxyl groups is 1. The number of rotatable bonds is 16. The van der Waals surface area contributed by atoms with Gasteiger partial charge >= 0.3 is 5.97 Å². The lowest BCUT2D eigenvalue weighted by Gasteiger charge is -2.27. The van der Waals surface area contributed by atoms with Crippen molar-refractivity contribution in [1.29, 1.82) is 0 Å². The number of aliphatic carboxylic acids is 1. The van der Waals surface area contributed by atoms with E-state index in [0.29, 0.717) is 6.42 Å². The van der Waals surface area contributed by atoms with E-state index in [1.54, 1.807) is 13.8 Å². The minimum atomic E-state index is -1.47. The molecule has 34 heavy (non-hydrogen) atoms. The van der Waals surface area contributed by atoms with E-state index in [1.165, 1.54) is 0 Å². The number of nitrogens with zero attached hydrogens (tertiary/aromatic N) is 1. The topological polar surface area (TPSA) is 278 Å². The highest BCUT2D eigenvalue weighted by molar-refractivity contribution is 5.95. The summed E-state index contributed by atoms with van der Waals surface area (Å²) in [5.41, 5.74) is 20.9. The van der Waals surface area contributed by atoms with Crippen LogP contribution in [0.2, 0.25) is 0 Å². The SMILES string of the molecule is CCC(C)C(NC(=O)C(CO)NC(=O)C(N)CC(N)=O)C(=O)NC(CCCN=C(N)N)C(=O)O. The first kappa shape index (κ1) is 30.5. The zero-order chi connectivity index (χ0) is 26.4. The van der Waals surface area contributed by atoms with Crippen LogP contribution in [0.3, 0.4) is 0 Å². The lowest BCUT2D eigenvalue weighted by molar-refractivity contribution is -0.143. The number of carboxylic acids is 1. The van der Waals surface area contributed by atoms with Gasteiger partial charge in [-0.15, -0.1) is 0 Å². The van der Waals surface area contributed by atoms with Crippen LogP contribution < -0.4 is 38.9 Å². The molecule has 0 rings (SSSR count). The molecule has 0 aromatic heterocycles. The Labute approximate surface area is 197 Å².